The monoisotopic (exact) mass is 334 g/mol. The Balaban J connectivity index is 1.36. The highest BCUT2D eigenvalue weighted by Gasteiger charge is 2.42. The number of thioether (sulfide) groups is 1. The third-order valence-corrected chi connectivity index (χ3v) is 5.82. The molecule has 2 heterocycles. The van der Waals surface area contributed by atoms with Crippen molar-refractivity contribution in [2.45, 2.75) is 43.0 Å². The quantitative estimate of drug-likeness (QED) is 0.363. The number of fused-ring (bicyclic) bond motifs is 1. The first-order chi connectivity index (χ1) is 11.1. The van der Waals surface area contributed by atoms with Crippen molar-refractivity contribution in [3.8, 4) is 0 Å². The Morgan fingerprint density at radius 2 is 2.13 bits per heavy atom. The Bertz CT molecular complexity index is 595. The minimum atomic E-state index is -0.0508. The van der Waals surface area contributed by atoms with Gasteiger partial charge in [-0.15, -0.1) is 0 Å². The van der Waals surface area contributed by atoms with Gasteiger partial charge in [-0.25, -0.2) is 4.79 Å². The lowest BCUT2D eigenvalue weighted by Crippen LogP contribution is -2.36. The summed E-state index contributed by atoms with van der Waals surface area (Å²) in [6.07, 6.45) is 3.34. The van der Waals surface area contributed by atoms with Gasteiger partial charge < -0.3 is 21.7 Å². The van der Waals surface area contributed by atoms with E-state index < -0.39 is 0 Å². The summed E-state index contributed by atoms with van der Waals surface area (Å²) in [6.45, 7) is 0. The van der Waals surface area contributed by atoms with Gasteiger partial charge in [0, 0.05) is 17.4 Å². The van der Waals surface area contributed by atoms with Crippen LogP contribution in [0.3, 0.4) is 0 Å². The molecule has 0 bridgehead atoms. The Hall–Kier alpha value is -1.89. The summed E-state index contributed by atoms with van der Waals surface area (Å²) in [4.78, 5) is 23.3. The summed E-state index contributed by atoms with van der Waals surface area (Å²) in [5, 5.41) is 9.23. The SMILES string of the molecule is Nc1ccccc1NC(=O)CCCC[C@@H]1SC[C@@H]2NC(=O)N[C@@H]21. The highest BCUT2D eigenvalue weighted by atomic mass is 32.2. The number of amides is 3. The number of nitrogens with two attached hydrogens (primary N) is 1. The molecule has 0 aromatic heterocycles. The van der Waals surface area contributed by atoms with Gasteiger partial charge in [0.25, 0.3) is 0 Å². The minimum absolute atomic E-state index is 0.00399. The van der Waals surface area contributed by atoms with Crippen molar-refractivity contribution in [1.82, 2.24) is 10.6 Å². The second kappa shape index (κ2) is 7.12. The molecule has 2 aliphatic rings. The van der Waals surface area contributed by atoms with E-state index in [2.05, 4.69) is 16.0 Å². The van der Waals surface area contributed by atoms with Gasteiger partial charge >= 0.3 is 6.03 Å². The highest BCUT2D eigenvalue weighted by Crippen LogP contribution is 2.33. The molecule has 23 heavy (non-hydrogen) atoms. The number of rotatable bonds is 6. The molecule has 6 nitrogen and oxygen atoms in total. The predicted octanol–water partition coefficient (Wildman–Crippen LogP) is 1.93. The lowest BCUT2D eigenvalue weighted by atomic mass is 10.0. The van der Waals surface area contributed by atoms with Gasteiger partial charge in [-0.3, -0.25) is 4.79 Å². The van der Waals surface area contributed by atoms with Crippen molar-refractivity contribution < 1.29 is 9.59 Å². The van der Waals surface area contributed by atoms with Crippen LogP contribution in [0.25, 0.3) is 0 Å². The van der Waals surface area contributed by atoms with Crippen LogP contribution < -0.4 is 21.7 Å². The van der Waals surface area contributed by atoms with E-state index in [-0.39, 0.29) is 24.0 Å². The molecule has 0 spiro atoms. The van der Waals surface area contributed by atoms with Crippen LogP contribution in [-0.4, -0.2) is 35.0 Å². The van der Waals surface area contributed by atoms with Gasteiger partial charge in [-0.1, -0.05) is 18.6 Å². The number of hydrogen-bond acceptors (Lipinski definition) is 4. The number of anilines is 2. The zero-order chi connectivity index (χ0) is 16.2. The molecule has 2 fully saturated rings. The molecule has 124 valence electrons. The van der Waals surface area contributed by atoms with E-state index in [1.165, 1.54) is 0 Å². The van der Waals surface area contributed by atoms with E-state index in [9.17, 15) is 9.59 Å². The molecule has 0 aliphatic carbocycles. The van der Waals surface area contributed by atoms with Gasteiger partial charge in [0.05, 0.1) is 23.5 Å². The molecule has 3 amide bonds. The topological polar surface area (TPSA) is 96.2 Å². The average molecular weight is 334 g/mol. The van der Waals surface area contributed by atoms with Gasteiger partial charge in [0.2, 0.25) is 5.91 Å². The van der Waals surface area contributed by atoms with Crippen molar-refractivity contribution in [2.24, 2.45) is 0 Å². The molecule has 5 N–H and O–H groups in total. The number of nitrogens with one attached hydrogen (secondary N) is 3. The average Bonchev–Trinajstić information content (AvgIpc) is 3.06. The fraction of sp³-hybridized carbons (Fsp3) is 0.500. The zero-order valence-electron chi connectivity index (χ0n) is 12.9. The predicted molar refractivity (Wildman–Crippen MR) is 93.4 cm³/mol. The third-order valence-electron chi connectivity index (χ3n) is 4.32. The van der Waals surface area contributed by atoms with E-state index in [0.29, 0.717) is 23.0 Å². The van der Waals surface area contributed by atoms with Crippen LogP contribution in [-0.2, 0) is 4.79 Å². The number of unbranched alkanes of at least 4 members (excludes halogenated alkanes) is 1. The van der Waals surface area contributed by atoms with Gasteiger partial charge in [-0.05, 0) is 25.0 Å². The van der Waals surface area contributed by atoms with Gasteiger partial charge in [0.1, 0.15) is 0 Å². The summed E-state index contributed by atoms with van der Waals surface area (Å²) >= 11 is 1.91. The van der Waals surface area contributed by atoms with Crippen LogP contribution in [0.5, 0.6) is 0 Å². The molecular weight excluding hydrogens is 312 g/mol. The first kappa shape index (κ1) is 16.0. The maximum absolute atomic E-state index is 11.9. The van der Waals surface area contributed by atoms with Crippen LogP contribution in [0.4, 0.5) is 16.2 Å². The number of nitrogen functional groups attached to an aromatic ring is 1. The Kier molecular flexibility index (Phi) is 4.95. The fourth-order valence-electron chi connectivity index (χ4n) is 3.10. The zero-order valence-corrected chi connectivity index (χ0v) is 13.7. The summed E-state index contributed by atoms with van der Waals surface area (Å²) in [6, 6.07) is 7.72. The number of urea groups is 1. The first-order valence-corrected chi connectivity index (χ1v) is 9.01. The van der Waals surface area contributed by atoms with Gasteiger partial charge in [-0.2, -0.15) is 11.8 Å². The lowest BCUT2D eigenvalue weighted by molar-refractivity contribution is -0.116. The summed E-state index contributed by atoms with van der Waals surface area (Å²) < 4.78 is 0. The number of carbonyl (C=O) groups excluding carboxylic acids is 2. The van der Waals surface area contributed by atoms with Crippen LogP contribution in [0.15, 0.2) is 24.3 Å². The largest absolute Gasteiger partial charge is 0.397 e. The smallest absolute Gasteiger partial charge is 0.315 e. The first-order valence-electron chi connectivity index (χ1n) is 7.96. The van der Waals surface area contributed by atoms with Crippen molar-refractivity contribution in [1.29, 1.82) is 0 Å². The molecule has 7 heteroatoms. The molecule has 2 aliphatic heterocycles. The maximum atomic E-state index is 11.9. The maximum Gasteiger partial charge on any atom is 0.315 e. The Morgan fingerprint density at radius 1 is 1.30 bits per heavy atom. The molecule has 1 aromatic rings. The second-order valence-electron chi connectivity index (χ2n) is 6.00. The Morgan fingerprint density at radius 3 is 2.96 bits per heavy atom. The number of para-hydroxylation sites is 2. The fourth-order valence-corrected chi connectivity index (χ4v) is 4.64. The number of carbonyl (C=O) groups is 2. The summed E-state index contributed by atoms with van der Waals surface area (Å²) in [5.41, 5.74) is 7.06. The molecule has 0 radical (unpaired) electrons. The molecule has 3 rings (SSSR count). The standard InChI is InChI=1S/C16H22N4O2S/c17-10-5-1-2-6-11(10)18-14(21)8-4-3-7-13-15-12(9-23-13)19-16(22)20-15/h1-2,5-6,12-13,15H,3-4,7-9,17H2,(H,18,21)(H2,19,20,22)/t12-,13-,15-/m0/s1. The number of benzene rings is 1. The normalized spacial score (nSPS) is 25.6. The van der Waals surface area contributed by atoms with E-state index in [4.69, 9.17) is 5.73 Å². The van der Waals surface area contributed by atoms with Crippen molar-refractivity contribution in [2.75, 3.05) is 16.8 Å². The number of hydrogen-bond donors (Lipinski definition) is 4. The highest BCUT2D eigenvalue weighted by molar-refractivity contribution is 8.00. The van der Waals surface area contributed by atoms with Gasteiger partial charge in [0.15, 0.2) is 0 Å². The lowest BCUT2D eigenvalue weighted by Gasteiger charge is -2.16. The molecule has 3 atom stereocenters. The molecule has 1 aromatic carbocycles. The second-order valence-corrected chi connectivity index (χ2v) is 7.28. The molecular formula is C16H22N4O2S. The van der Waals surface area contributed by atoms with Crippen LogP contribution in [0, 0.1) is 0 Å². The van der Waals surface area contributed by atoms with E-state index in [0.717, 1.165) is 25.0 Å². The minimum Gasteiger partial charge on any atom is -0.397 e. The van der Waals surface area contributed by atoms with Crippen molar-refractivity contribution in [3.63, 3.8) is 0 Å². The van der Waals surface area contributed by atoms with Crippen LogP contribution in [0.2, 0.25) is 0 Å². The van der Waals surface area contributed by atoms with E-state index in [1.54, 1.807) is 12.1 Å². The van der Waals surface area contributed by atoms with Crippen molar-refractivity contribution >= 4 is 35.1 Å². The van der Waals surface area contributed by atoms with Crippen molar-refractivity contribution in [3.05, 3.63) is 24.3 Å². The van der Waals surface area contributed by atoms with E-state index >= 15 is 0 Å². The Labute approximate surface area is 140 Å². The van der Waals surface area contributed by atoms with E-state index in [1.807, 2.05) is 23.9 Å². The molecule has 0 saturated carbocycles. The summed E-state index contributed by atoms with van der Waals surface area (Å²) in [5.74, 6) is 0.970. The molecule has 0 unspecified atom stereocenters. The van der Waals surface area contributed by atoms with Crippen LogP contribution >= 0.6 is 11.8 Å². The summed E-state index contributed by atoms with van der Waals surface area (Å²) in [7, 11) is 0. The third kappa shape index (κ3) is 3.90. The van der Waals surface area contributed by atoms with Crippen LogP contribution in [0.1, 0.15) is 25.7 Å². The molecule has 2 saturated heterocycles.